The number of benzene rings is 3. The largest absolute Gasteiger partial charge is 0.456 e. The molecule has 1 aliphatic rings. The van der Waals surface area contributed by atoms with Crippen LogP contribution in [-0.2, 0) is 0 Å². The number of aryl methyl sites for hydroxylation is 1. The molecule has 1 fully saturated rings. The van der Waals surface area contributed by atoms with Crippen molar-refractivity contribution in [2.45, 2.75) is 6.92 Å². The van der Waals surface area contributed by atoms with E-state index in [9.17, 15) is 0 Å². The number of halogens is 1. The molecule has 0 saturated carbocycles. The van der Waals surface area contributed by atoms with Gasteiger partial charge >= 0.3 is 0 Å². The lowest BCUT2D eigenvalue weighted by molar-refractivity contribution is 0.651. The Morgan fingerprint density at radius 1 is 0.778 bits per heavy atom. The summed E-state index contributed by atoms with van der Waals surface area (Å²) in [5.41, 5.74) is 5.86. The predicted octanol–water partition coefficient (Wildman–Crippen LogP) is 5.98. The van der Waals surface area contributed by atoms with Crippen molar-refractivity contribution in [2.75, 3.05) is 36.0 Å². The van der Waals surface area contributed by atoms with Crippen LogP contribution in [0.4, 0.5) is 11.4 Å². The van der Waals surface area contributed by atoms with Crippen LogP contribution in [0.3, 0.4) is 0 Å². The fourth-order valence-corrected chi connectivity index (χ4v) is 4.57. The average Bonchev–Trinajstić information content (AvgIpc) is 3.06. The summed E-state index contributed by atoms with van der Waals surface area (Å²) >= 11 is 3.56. The zero-order valence-electron chi connectivity index (χ0n) is 15.3. The quantitative estimate of drug-likeness (QED) is 0.397. The van der Waals surface area contributed by atoms with Gasteiger partial charge in [-0.15, -0.1) is 0 Å². The lowest BCUT2D eigenvalue weighted by atomic mass is 10.1. The number of hydrogen-bond donors (Lipinski definition) is 0. The number of hydrogen-bond acceptors (Lipinski definition) is 3. The van der Waals surface area contributed by atoms with Crippen LogP contribution in [0.15, 0.2) is 69.6 Å². The third kappa shape index (κ3) is 2.98. The Hall–Kier alpha value is -2.46. The van der Waals surface area contributed by atoms with Gasteiger partial charge in [0.05, 0.1) is 0 Å². The third-order valence-electron chi connectivity index (χ3n) is 5.50. The maximum absolute atomic E-state index is 5.96. The molecule has 0 bridgehead atoms. The van der Waals surface area contributed by atoms with Gasteiger partial charge in [-0.05, 0) is 55.0 Å². The van der Waals surface area contributed by atoms with E-state index in [0.29, 0.717) is 0 Å². The zero-order valence-corrected chi connectivity index (χ0v) is 16.9. The van der Waals surface area contributed by atoms with Crippen molar-refractivity contribution >= 4 is 49.2 Å². The van der Waals surface area contributed by atoms with Gasteiger partial charge in [-0.3, -0.25) is 0 Å². The first-order chi connectivity index (χ1) is 13.2. The highest BCUT2D eigenvalue weighted by molar-refractivity contribution is 9.10. The van der Waals surface area contributed by atoms with Crippen molar-refractivity contribution in [1.29, 1.82) is 0 Å². The molecule has 4 heteroatoms. The molecule has 27 heavy (non-hydrogen) atoms. The molecule has 0 atom stereocenters. The van der Waals surface area contributed by atoms with Crippen LogP contribution in [0.1, 0.15) is 5.56 Å². The van der Waals surface area contributed by atoms with Crippen molar-refractivity contribution in [3.8, 4) is 0 Å². The van der Waals surface area contributed by atoms with Gasteiger partial charge in [0.2, 0.25) is 0 Å². The molecular formula is C23H21BrN2O. The van der Waals surface area contributed by atoms with Crippen LogP contribution in [0.5, 0.6) is 0 Å². The molecule has 4 aromatic rings. The number of anilines is 2. The Labute approximate surface area is 167 Å². The Morgan fingerprint density at radius 2 is 1.52 bits per heavy atom. The van der Waals surface area contributed by atoms with Crippen LogP contribution in [-0.4, -0.2) is 26.2 Å². The molecule has 0 radical (unpaired) electrons. The first-order valence-electron chi connectivity index (χ1n) is 9.36. The monoisotopic (exact) mass is 420 g/mol. The molecule has 3 nitrogen and oxygen atoms in total. The van der Waals surface area contributed by atoms with Gasteiger partial charge in [-0.2, -0.15) is 0 Å². The molecule has 1 aromatic heterocycles. The zero-order chi connectivity index (χ0) is 18.4. The molecule has 3 aromatic carbocycles. The molecular weight excluding hydrogens is 400 g/mol. The Morgan fingerprint density at radius 3 is 2.33 bits per heavy atom. The molecule has 0 N–H and O–H groups in total. The topological polar surface area (TPSA) is 19.6 Å². The standard InChI is InChI=1S/C23H21BrN2O/c1-16-14-17(24)6-8-21(16)26-12-10-25(11-13-26)18-7-9-23-20(15-18)19-4-2-3-5-22(19)27-23/h2-9,14-15H,10-13H2,1H3. The van der Waals surface area contributed by atoms with Gasteiger partial charge < -0.3 is 14.2 Å². The normalized spacial score (nSPS) is 15.0. The fourth-order valence-electron chi connectivity index (χ4n) is 4.09. The van der Waals surface area contributed by atoms with E-state index in [2.05, 4.69) is 81.2 Å². The third-order valence-corrected chi connectivity index (χ3v) is 6.00. The van der Waals surface area contributed by atoms with Gasteiger partial charge in [0.25, 0.3) is 0 Å². The van der Waals surface area contributed by atoms with Crippen molar-refractivity contribution in [1.82, 2.24) is 0 Å². The Balaban J connectivity index is 1.39. The van der Waals surface area contributed by atoms with Crippen LogP contribution in [0, 0.1) is 6.92 Å². The van der Waals surface area contributed by atoms with Gasteiger partial charge in [-0.25, -0.2) is 0 Å². The van der Waals surface area contributed by atoms with Crippen molar-refractivity contribution < 1.29 is 4.42 Å². The maximum atomic E-state index is 5.96. The van der Waals surface area contributed by atoms with E-state index >= 15 is 0 Å². The minimum atomic E-state index is 0.959. The minimum absolute atomic E-state index is 0.959. The summed E-state index contributed by atoms with van der Waals surface area (Å²) in [6.45, 7) is 6.30. The van der Waals surface area contributed by atoms with E-state index < -0.39 is 0 Å². The summed E-state index contributed by atoms with van der Waals surface area (Å²) in [7, 11) is 0. The average molecular weight is 421 g/mol. The van der Waals surface area contributed by atoms with E-state index in [4.69, 9.17) is 4.42 Å². The van der Waals surface area contributed by atoms with E-state index in [0.717, 1.165) is 41.8 Å². The number of fused-ring (bicyclic) bond motifs is 3. The lowest BCUT2D eigenvalue weighted by Gasteiger charge is -2.38. The van der Waals surface area contributed by atoms with Gasteiger partial charge in [0, 0.05) is 52.8 Å². The molecule has 5 rings (SSSR count). The predicted molar refractivity (Wildman–Crippen MR) is 117 cm³/mol. The number of rotatable bonds is 2. The number of nitrogens with zero attached hydrogens (tertiary/aromatic N) is 2. The number of para-hydroxylation sites is 1. The Kier molecular flexibility index (Phi) is 4.09. The van der Waals surface area contributed by atoms with Crippen LogP contribution in [0.25, 0.3) is 21.9 Å². The lowest BCUT2D eigenvalue weighted by Crippen LogP contribution is -2.46. The molecule has 0 aliphatic carbocycles. The van der Waals surface area contributed by atoms with Gasteiger partial charge in [0.1, 0.15) is 11.2 Å². The molecule has 1 aliphatic heterocycles. The summed E-state index contributed by atoms with van der Waals surface area (Å²) in [6, 6.07) is 21.4. The molecule has 0 amide bonds. The first kappa shape index (κ1) is 16.7. The minimum Gasteiger partial charge on any atom is -0.456 e. The molecule has 2 heterocycles. The Bertz CT molecular complexity index is 1130. The van der Waals surface area contributed by atoms with E-state index in [1.807, 2.05) is 12.1 Å². The summed E-state index contributed by atoms with van der Waals surface area (Å²) in [4.78, 5) is 4.97. The highest BCUT2D eigenvalue weighted by Gasteiger charge is 2.19. The maximum Gasteiger partial charge on any atom is 0.135 e. The summed E-state index contributed by atoms with van der Waals surface area (Å²) < 4.78 is 7.10. The van der Waals surface area contributed by atoms with Crippen LogP contribution < -0.4 is 9.80 Å². The van der Waals surface area contributed by atoms with Crippen molar-refractivity contribution in [2.24, 2.45) is 0 Å². The van der Waals surface area contributed by atoms with E-state index in [1.165, 1.54) is 27.7 Å². The highest BCUT2D eigenvalue weighted by Crippen LogP contribution is 2.32. The summed E-state index contributed by atoms with van der Waals surface area (Å²) in [5, 5.41) is 2.40. The van der Waals surface area contributed by atoms with Gasteiger partial charge in [-0.1, -0.05) is 34.1 Å². The molecule has 1 saturated heterocycles. The second-order valence-corrected chi connectivity index (χ2v) is 8.10. The number of furan rings is 1. The SMILES string of the molecule is Cc1cc(Br)ccc1N1CCN(c2ccc3oc4ccccc4c3c2)CC1. The highest BCUT2D eigenvalue weighted by atomic mass is 79.9. The van der Waals surface area contributed by atoms with Crippen LogP contribution in [0.2, 0.25) is 0 Å². The van der Waals surface area contributed by atoms with Crippen molar-refractivity contribution in [3.63, 3.8) is 0 Å². The van der Waals surface area contributed by atoms with Crippen LogP contribution >= 0.6 is 15.9 Å². The van der Waals surface area contributed by atoms with E-state index in [-0.39, 0.29) is 0 Å². The number of piperazine rings is 1. The fraction of sp³-hybridized carbons (Fsp3) is 0.217. The van der Waals surface area contributed by atoms with Gasteiger partial charge in [0.15, 0.2) is 0 Å². The van der Waals surface area contributed by atoms with Crippen molar-refractivity contribution in [3.05, 3.63) is 70.7 Å². The second-order valence-electron chi connectivity index (χ2n) is 7.18. The van der Waals surface area contributed by atoms with E-state index in [1.54, 1.807) is 0 Å². The summed E-state index contributed by atoms with van der Waals surface area (Å²) in [6.07, 6.45) is 0. The molecule has 0 unspecified atom stereocenters. The molecule has 136 valence electrons. The summed E-state index contributed by atoms with van der Waals surface area (Å²) in [5.74, 6) is 0. The smallest absolute Gasteiger partial charge is 0.135 e. The first-order valence-corrected chi connectivity index (χ1v) is 10.2. The second kappa shape index (κ2) is 6.61. The molecule has 0 spiro atoms.